The largest absolute Gasteiger partial charge is 0.492 e. The van der Waals surface area contributed by atoms with Crippen molar-refractivity contribution in [2.45, 2.75) is 13.0 Å². The molecular formula is C17H15FN2OS. The van der Waals surface area contributed by atoms with Gasteiger partial charge in [0.05, 0.1) is 4.88 Å². The fraction of sp³-hybridized carbons (Fsp3) is 0.118. The first-order chi connectivity index (χ1) is 10.7. The first-order valence-electron chi connectivity index (χ1n) is 6.91. The molecule has 112 valence electrons. The van der Waals surface area contributed by atoms with E-state index in [4.69, 9.17) is 0 Å². The van der Waals surface area contributed by atoms with Crippen LogP contribution in [0.4, 0.5) is 9.52 Å². The molecule has 0 atom stereocenters. The zero-order valence-corrected chi connectivity index (χ0v) is 12.6. The fourth-order valence-corrected chi connectivity index (χ4v) is 2.98. The zero-order valence-electron chi connectivity index (χ0n) is 11.8. The Morgan fingerprint density at radius 2 is 1.73 bits per heavy atom. The van der Waals surface area contributed by atoms with Crippen molar-refractivity contribution in [2.24, 2.45) is 0 Å². The number of hydrogen-bond donors (Lipinski definition) is 2. The van der Waals surface area contributed by atoms with Gasteiger partial charge in [-0.2, -0.15) is 4.98 Å². The average molecular weight is 314 g/mol. The molecule has 0 bridgehead atoms. The predicted molar refractivity (Wildman–Crippen MR) is 86.8 cm³/mol. The maximum atomic E-state index is 12.9. The van der Waals surface area contributed by atoms with Crippen LogP contribution in [0, 0.1) is 5.82 Å². The number of halogens is 1. The summed E-state index contributed by atoms with van der Waals surface area (Å²) >= 11 is 1.41. The fourth-order valence-electron chi connectivity index (χ4n) is 2.10. The van der Waals surface area contributed by atoms with Gasteiger partial charge in [-0.1, -0.05) is 53.8 Å². The van der Waals surface area contributed by atoms with Crippen LogP contribution in [0.3, 0.4) is 0 Å². The minimum atomic E-state index is -0.262. The van der Waals surface area contributed by atoms with E-state index in [1.807, 2.05) is 30.3 Å². The van der Waals surface area contributed by atoms with E-state index in [2.05, 4.69) is 10.3 Å². The van der Waals surface area contributed by atoms with Crippen LogP contribution in [0.15, 0.2) is 54.6 Å². The number of aromatic nitrogens is 1. The summed E-state index contributed by atoms with van der Waals surface area (Å²) in [4.78, 5) is 4.89. The van der Waals surface area contributed by atoms with Crippen molar-refractivity contribution in [3.8, 4) is 5.88 Å². The van der Waals surface area contributed by atoms with Crippen LogP contribution >= 0.6 is 11.3 Å². The molecule has 0 aliphatic rings. The second-order valence-corrected chi connectivity index (χ2v) is 5.99. The molecule has 2 aromatic carbocycles. The van der Waals surface area contributed by atoms with E-state index >= 15 is 0 Å². The molecule has 3 rings (SSSR count). The minimum absolute atomic E-state index is 0.0323. The molecule has 2 N–H and O–H groups in total. The van der Waals surface area contributed by atoms with Crippen molar-refractivity contribution < 1.29 is 9.50 Å². The highest BCUT2D eigenvalue weighted by atomic mass is 32.1. The van der Waals surface area contributed by atoms with E-state index < -0.39 is 0 Å². The normalized spacial score (nSPS) is 10.6. The van der Waals surface area contributed by atoms with Gasteiger partial charge in [-0.25, -0.2) is 4.39 Å². The first-order valence-corrected chi connectivity index (χ1v) is 7.73. The number of nitrogens with zero attached hydrogens (tertiary/aromatic N) is 1. The molecular weight excluding hydrogens is 299 g/mol. The maximum Gasteiger partial charge on any atom is 0.227 e. The number of anilines is 1. The summed E-state index contributed by atoms with van der Waals surface area (Å²) in [5.74, 6) is -0.229. The maximum absolute atomic E-state index is 12.9. The highest BCUT2D eigenvalue weighted by molar-refractivity contribution is 7.15. The van der Waals surface area contributed by atoms with E-state index in [1.54, 1.807) is 12.1 Å². The van der Waals surface area contributed by atoms with Gasteiger partial charge in [-0.05, 0) is 23.3 Å². The van der Waals surface area contributed by atoms with Crippen molar-refractivity contribution >= 4 is 16.5 Å². The lowest BCUT2D eigenvalue weighted by Crippen LogP contribution is -1.97. The van der Waals surface area contributed by atoms with Crippen molar-refractivity contribution in [1.29, 1.82) is 0 Å². The second-order valence-electron chi connectivity index (χ2n) is 4.91. The van der Waals surface area contributed by atoms with Crippen molar-refractivity contribution in [3.63, 3.8) is 0 Å². The Hall–Kier alpha value is -2.40. The Kier molecular flexibility index (Phi) is 4.34. The average Bonchev–Trinajstić information content (AvgIpc) is 2.89. The molecule has 0 radical (unpaired) electrons. The summed E-state index contributed by atoms with van der Waals surface area (Å²) < 4.78 is 12.9. The molecule has 0 saturated carbocycles. The minimum Gasteiger partial charge on any atom is -0.492 e. The van der Waals surface area contributed by atoms with Gasteiger partial charge in [0.2, 0.25) is 5.88 Å². The van der Waals surface area contributed by atoms with Crippen LogP contribution in [0.1, 0.15) is 16.0 Å². The summed E-state index contributed by atoms with van der Waals surface area (Å²) in [6.07, 6.45) is 0.538. The highest BCUT2D eigenvalue weighted by Crippen LogP contribution is 2.30. The number of rotatable bonds is 5. The van der Waals surface area contributed by atoms with Gasteiger partial charge in [-0.3, -0.25) is 0 Å². The summed E-state index contributed by atoms with van der Waals surface area (Å²) in [5.41, 5.74) is 2.09. The number of benzene rings is 2. The Balaban J connectivity index is 1.67. The van der Waals surface area contributed by atoms with Gasteiger partial charge in [0.25, 0.3) is 0 Å². The zero-order chi connectivity index (χ0) is 15.4. The van der Waals surface area contributed by atoms with Gasteiger partial charge in [0.1, 0.15) is 5.82 Å². The molecule has 0 saturated heterocycles. The SMILES string of the molecule is Oc1nc(NCc2ccccc2)sc1Cc1ccc(F)cc1. The third-order valence-corrected chi connectivity index (χ3v) is 4.24. The summed E-state index contributed by atoms with van der Waals surface area (Å²) in [7, 11) is 0. The van der Waals surface area contributed by atoms with Crippen molar-refractivity contribution in [2.75, 3.05) is 5.32 Å². The first kappa shape index (κ1) is 14.5. The van der Waals surface area contributed by atoms with Gasteiger partial charge in [-0.15, -0.1) is 0 Å². The topological polar surface area (TPSA) is 45.2 Å². The van der Waals surface area contributed by atoms with Crippen LogP contribution in [-0.2, 0) is 13.0 Å². The highest BCUT2D eigenvalue weighted by Gasteiger charge is 2.10. The molecule has 1 heterocycles. The molecule has 3 nitrogen and oxygen atoms in total. The second kappa shape index (κ2) is 6.58. The van der Waals surface area contributed by atoms with E-state index in [-0.39, 0.29) is 11.7 Å². The van der Waals surface area contributed by atoms with Crippen LogP contribution in [0.5, 0.6) is 5.88 Å². The molecule has 0 amide bonds. The van der Waals surface area contributed by atoms with Crippen LogP contribution in [0.2, 0.25) is 0 Å². The molecule has 0 spiro atoms. The molecule has 5 heteroatoms. The van der Waals surface area contributed by atoms with E-state index in [9.17, 15) is 9.50 Å². The monoisotopic (exact) mass is 314 g/mol. The third kappa shape index (κ3) is 3.62. The summed E-state index contributed by atoms with van der Waals surface area (Å²) in [6, 6.07) is 16.3. The number of nitrogens with one attached hydrogen (secondary N) is 1. The summed E-state index contributed by atoms with van der Waals surface area (Å²) in [5, 5.41) is 13.8. The van der Waals surface area contributed by atoms with Crippen molar-refractivity contribution in [3.05, 3.63) is 76.4 Å². The lowest BCUT2D eigenvalue weighted by atomic mass is 10.1. The Morgan fingerprint density at radius 1 is 1.00 bits per heavy atom. The molecule has 3 aromatic rings. The number of thiazole rings is 1. The van der Waals surface area contributed by atoms with Gasteiger partial charge in [0, 0.05) is 13.0 Å². The van der Waals surface area contributed by atoms with Crippen molar-refractivity contribution in [1.82, 2.24) is 4.98 Å². The Bertz CT molecular complexity index is 741. The Labute approximate surface area is 132 Å². The quantitative estimate of drug-likeness (QED) is 0.742. The molecule has 22 heavy (non-hydrogen) atoms. The van der Waals surface area contributed by atoms with Gasteiger partial charge < -0.3 is 10.4 Å². The molecule has 0 aliphatic carbocycles. The number of hydrogen-bond acceptors (Lipinski definition) is 4. The van der Waals surface area contributed by atoms with Crippen LogP contribution in [-0.4, -0.2) is 10.1 Å². The lowest BCUT2D eigenvalue weighted by Gasteiger charge is -2.01. The standard InChI is InChI=1S/C17H15FN2OS/c18-14-8-6-12(7-9-14)10-15-16(21)20-17(22-15)19-11-13-4-2-1-3-5-13/h1-9,21H,10-11H2,(H,19,20). The molecule has 0 aliphatic heterocycles. The molecule has 0 unspecified atom stereocenters. The van der Waals surface area contributed by atoms with Gasteiger partial charge in [0.15, 0.2) is 5.13 Å². The van der Waals surface area contributed by atoms with E-state index in [0.29, 0.717) is 18.1 Å². The van der Waals surface area contributed by atoms with E-state index in [1.165, 1.54) is 23.5 Å². The number of aromatic hydroxyl groups is 1. The smallest absolute Gasteiger partial charge is 0.227 e. The molecule has 0 fully saturated rings. The summed E-state index contributed by atoms with van der Waals surface area (Å²) in [6.45, 7) is 0.657. The Morgan fingerprint density at radius 3 is 2.45 bits per heavy atom. The van der Waals surface area contributed by atoms with Gasteiger partial charge >= 0.3 is 0 Å². The lowest BCUT2D eigenvalue weighted by molar-refractivity contribution is 0.452. The van der Waals surface area contributed by atoms with E-state index in [0.717, 1.165) is 16.0 Å². The third-order valence-electron chi connectivity index (χ3n) is 3.24. The molecule has 1 aromatic heterocycles. The predicted octanol–water partition coefficient (Wildman–Crippen LogP) is 4.19. The van der Waals surface area contributed by atoms with Crippen LogP contribution < -0.4 is 5.32 Å². The van der Waals surface area contributed by atoms with Crippen LogP contribution in [0.25, 0.3) is 0 Å².